The average molecular weight is 256 g/mol. The van der Waals surface area contributed by atoms with E-state index in [2.05, 4.69) is 19.2 Å². The van der Waals surface area contributed by atoms with Gasteiger partial charge in [-0.3, -0.25) is 9.59 Å². The number of nitrogens with two attached hydrogens (primary N) is 1. The van der Waals surface area contributed by atoms with Crippen LogP contribution in [0.3, 0.4) is 0 Å². The maximum absolute atomic E-state index is 11.9. The molecule has 0 saturated heterocycles. The highest BCUT2D eigenvalue weighted by Gasteiger charge is 2.48. The predicted octanol–water partition coefficient (Wildman–Crippen LogP) is 0.979. The molecule has 0 aliphatic heterocycles. The van der Waals surface area contributed by atoms with Gasteiger partial charge in [-0.05, 0) is 31.1 Å². The van der Waals surface area contributed by atoms with Gasteiger partial charge in [0.15, 0.2) is 0 Å². The van der Waals surface area contributed by atoms with Crippen LogP contribution >= 0.6 is 0 Å². The quantitative estimate of drug-likeness (QED) is 0.603. The SMILES string of the molecule is CC(C)CC(CNC(=O)C1(CN)CC1)CC(=O)O. The Labute approximate surface area is 108 Å². The molecule has 0 aromatic carbocycles. The van der Waals surface area contributed by atoms with Gasteiger partial charge < -0.3 is 16.2 Å². The van der Waals surface area contributed by atoms with Crippen LogP contribution in [0.1, 0.15) is 39.5 Å². The van der Waals surface area contributed by atoms with E-state index in [4.69, 9.17) is 10.8 Å². The molecule has 0 aromatic heterocycles. The number of hydrogen-bond donors (Lipinski definition) is 3. The fourth-order valence-electron chi connectivity index (χ4n) is 2.25. The third-order valence-electron chi connectivity index (χ3n) is 3.55. The Morgan fingerprint density at radius 3 is 2.39 bits per heavy atom. The van der Waals surface area contributed by atoms with Gasteiger partial charge in [-0.1, -0.05) is 13.8 Å². The molecule has 4 N–H and O–H groups in total. The minimum absolute atomic E-state index is 0.0000227. The van der Waals surface area contributed by atoms with E-state index in [1.807, 2.05) is 0 Å². The molecule has 1 atom stereocenters. The van der Waals surface area contributed by atoms with E-state index in [1.54, 1.807) is 0 Å². The van der Waals surface area contributed by atoms with Gasteiger partial charge >= 0.3 is 5.97 Å². The fourth-order valence-corrected chi connectivity index (χ4v) is 2.25. The Morgan fingerprint density at radius 1 is 1.39 bits per heavy atom. The fraction of sp³-hybridized carbons (Fsp3) is 0.846. The molecular formula is C13H24N2O3. The molecule has 1 fully saturated rings. The first kappa shape index (κ1) is 15.0. The monoisotopic (exact) mass is 256 g/mol. The van der Waals surface area contributed by atoms with Crippen LogP contribution in [-0.4, -0.2) is 30.1 Å². The molecule has 0 spiro atoms. The maximum atomic E-state index is 11.9. The van der Waals surface area contributed by atoms with Gasteiger partial charge in [0.05, 0.1) is 5.41 Å². The predicted molar refractivity (Wildman–Crippen MR) is 68.9 cm³/mol. The zero-order valence-corrected chi connectivity index (χ0v) is 11.2. The lowest BCUT2D eigenvalue weighted by Gasteiger charge is -2.20. The Kier molecular flexibility index (Phi) is 5.14. The summed E-state index contributed by atoms with van der Waals surface area (Å²) >= 11 is 0. The second-order valence-electron chi connectivity index (χ2n) is 5.79. The molecule has 104 valence electrons. The van der Waals surface area contributed by atoms with Crippen LogP contribution in [0.5, 0.6) is 0 Å². The number of hydrogen-bond acceptors (Lipinski definition) is 3. The molecule has 1 aliphatic carbocycles. The van der Waals surface area contributed by atoms with E-state index in [9.17, 15) is 9.59 Å². The van der Waals surface area contributed by atoms with Crippen LogP contribution in [0.2, 0.25) is 0 Å². The van der Waals surface area contributed by atoms with Crippen molar-refractivity contribution in [2.24, 2.45) is 23.0 Å². The van der Waals surface area contributed by atoms with Gasteiger partial charge in [-0.2, -0.15) is 0 Å². The van der Waals surface area contributed by atoms with Crippen molar-refractivity contribution in [3.05, 3.63) is 0 Å². The van der Waals surface area contributed by atoms with E-state index in [-0.39, 0.29) is 23.7 Å². The number of carboxylic acids is 1. The van der Waals surface area contributed by atoms with Gasteiger partial charge in [0, 0.05) is 19.5 Å². The van der Waals surface area contributed by atoms with Crippen LogP contribution in [0.4, 0.5) is 0 Å². The van der Waals surface area contributed by atoms with Crippen LogP contribution in [0.15, 0.2) is 0 Å². The Bertz CT molecular complexity index is 311. The molecule has 0 heterocycles. The normalized spacial score (nSPS) is 18.4. The number of amides is 1. The summed E-state index contributed by atoms with van der Waals surface area (Å²) in [6.45, 7) is 4.93. The van der Waals surface area contributed by atoms with Crippen LogP contribution < -0.4 is 11.1 Å². The van der Waals surface area contributed by atoms with Crippen molar-refractivity contribution in [1.82, 2.24) is 5.32 Å². The van der Waals surface area contributed by atoms with Crippen molar-refractivity contribution in [1.29, 1.82) is 0 Å². The van der Waals surface area contributed by atoms with Crippen molar-refractivity contribution < 1.29 is 14.7 Å². The van der Waals surface area contributed by atoms with E-state index < -0.39 is 5.97 Å². The molecule has 1 saturated carbocycles. The second-order valence-corrected chi connectivity index (χ2v) is 5.79. The van der Waals surface area contributed by atoms with E-state index in [0.29, 0.717) is 19.0 Å². The van der Waals surface area contributed by atoms with E-state index in [0.717, 1.165) is 19.3 Å². The third-order valence-corrected chi connectivity index (χ3v) is 3.55. The first-order chi connectivity index (χ1) is 8.39. The molecule has 1 rings (SSSR count). The van der Waals surface area contributed by atoms with Crippen molar-refractivity contribution in [2.45, 2.75) is 39.5 Å². The Balaban J connectivity index is 2.41. The standard InChI is InChI=1S/C13H24N2O3/c1-9(2)5-10(6-11(16)17)7-15-12(18)13(8-14)3-4-13/h9-10H,3-8,14H2,1-2H3,(H,15,18)(H,16,17). The zero-order chi connectivity index (χ0) is 13.8. The smallest absolute Gasteiger partial charge is 0.303 e. The highest BCUT2D eigenvalue weighted by Crippen LogP contribution is 2.44. The summed E-state index contributed by atoms with van der Waals surface area (Å²) in [6.07, 6.45) is 2.61. The number of carbonyl (C=O) groups excluding carboxylic acids is 1. The molecule has 1 aliphatic rings. The summed E-state index contributed by atoms with van der Waals surface area (Å²) in [5.74, 6) is -0.394. The van der Waals surface area contributed by atoms with Crippen LogP contribution in [-0.2, 0) is 9.59 Å². The molecular weight excluding hydrogens is 232 g/mol. The number of carboxylic acid groups (broad SMARTS) is 1. The summed E-state index contributed by atoms with van der Waals surface area (Å²) in [5.41, 5.74) is 5.23. The summed E-state index contributed by atoms with van der Waals surface area (Å²) in [4.78, 5) is 22.7. The average Bonchev–Trinajstić information content (AvgIpc) is 3.04. The molecule has 5 heteroatoms. The second kappa shape index (κ2) is 6.18. The molecule has 5 nitrogen and oxygen atoms in total. The summed E-state index contributed by atoms with van der Waals surface area (Å²) in [6, 6.07) is 0. The summed E-state index contributed by atoms with van der Waals surface area (Å²) in [7, 11) is 0. The lowest BCUT2D eigenvalue weighted by molar-refractivity contribution is -0.138. The molecule has 0 radical (unpaired) electrons. The summed E-state index contributed by atoms with van der Waals surface area (Å²) < 4.78 is 0. The van der Waals surface area contributed by atoms with Crippen molar-refractivity contribution in [2.75, 3.05) is 13.1 Å². The topological polar surface area (TPSA) is 92.4 Å². The number of nitrogens with one attached hydrogen (secondary N) is 1. The van der Waals surface area contributed by atoms with Gasteiger partial charge in [0.25, 0.3) is 0 Å². The molecule has 1 amide bonds. The van der Waals surface area contributed by atoms with Crippen molar-refractivity contribution in [3.63, 3.8) is 0 Å². The Hall–Kier alpha value is -1.10. The first-order valence-corrected chi connectivity index (χ1v) is 6.60. The molecule has 1 unspecified atom stereocenters. The van der Waals surface area contributed by atoms with Gasteiger partial charge in [0.1, 0.15) is 0 Å². The minimum Gasteiger partial charge on any atom is -0.481 e. The lowest BCUT2D eigenvalue weighted by atomic mass is 9.93. The van der Waals surface area contributed by atoms with Crippen molar-refractivity contribution in [3.8, 4) is 0 Å². The maximum Gasteiger partial charge on any atom is 0.303 e. The number of rotatable bonds is 8. The number of carbonyl (C=O) groups is 2. The highest BCUT2D eigenvalue weighted by atomic mass is 16.4. The van der Waals surface area contributed by atoms with Crippen LogP contribution in [0.25, 0.3) is 0 Å². The van der Waals surface area contributed by atoms with Gasteiger partial charge in [-0.25, -0.2) is 0 Å². The lowest BCUT2D eigenvalue weighted by Crippen LogP contribution is -2.39. The Morgan fingerprint density at radius 2 is 2.00 bits per heavy atom. The van der Waals surface area contributed by atoms with E-state index in [1.165, 1.54) is 0 Å². The van der Waals surface area contributed by atoms with Gasteiger partial charge in [0.2, 0.25) is 5.91 Å². The first-order valence-electron chi connectivity index (χ1n) is 6.60. The van der Waals surface area contributed by atoms with Crippen LogP contribution in [0, 0.1) is 17.3 Å². The summed E-state index contributed by atoms with van der Waals surface area (Å²) in [5, 5.41) is 11.7. The molecule has 0 bridgehead atoms. The highest BCUT2D eigenvalue weighted by molar-refractivity contribution is 5.85. The third kappa shape index (κ3) is 4.29. The van der Waals surface area contributed by atoms with Gasteiger partial charge in [-0.15, -0.1) is 0 Å². The largest absolute Gasteiger partial charge is 0.481 e. The number of aliphatic carboxylic acids is 1. The van der Waals surface area contributed by atoms with E-state index >= 15 is 0 Å². The minimum atomic E-state index is -0.810. The van der Waals surface area contributed by atoms with Crippen molar-refractivity contribution >= 4 is 11.9 Å². The molecule has 18 heavy (non-hydrogen) atoms. The zero-order valence-electron chi connectivity index (χ0n) is 11.2. The molecule has 0 aromatic rings.